The van der Waals surface area contributed by atoms with Crippen LogP contribution in [0, 0.1) is 21.4 Å². The van der Waals surface area contributed by atoms with E-state index in [4.69, 9.17) is 14.7 Å². The van der Waals surface area contributed by atoms with E-state index in [1.807, 2.05) is 0 Å². The molecule has 9 nitrogen and oxygen atoms in total. The van der Waals surface area contributed by atoms with Crippen LogP contribution in [0.1, 0.15) is 15.9 Å². The van der Waals surface area contributed by atoms with Gasteiger partial charge in [0.25, 0.3) is 11.2 Å². The Morgan fingerprint density at radius 1 is 1.28 bits per heavy atom. The first-order valence-electron chi connectivity index (χ1n) is 7.21. The summed E-state index contributed by atoms with van der Waals surface area (Å²) >= 11 is 0. The highest BCUT2D eigenvalue weighted by Crippen LogP contribution is 2.30. The van der Waals surface area contributed by atoms with Crippen molar-refractivity contribution in [2.45, 2.75) is 6.54 Å². The van der Waals surface area contributed by atoms with Crippen LogP contribution < -0.4 is 15.0 Å². The Kier molecular flexibility index (Phi) is 4.18. The van der Waals surface area contributed by atoms with Crippen LogP contribution in [-0.4, -0.2) is 28.5 Å². The number of pyridine rings is 1. The largest absolute Gasteiger partial charge is 0.486 e. The van der Waals surface area contributed by atoms with Crippen molar-refractivity contribution in [3.63, 3.8) is 0 Å². The van der Waals surface area contributed by atoms with Crippen LogP contribution in [0.15, 0.2) is 35.3 Å². The molecule has 126 valence electrons. The lowest BCUT2D eigenvalue weighted by molar-refractivity contribution is -0.385. The van der Waals surface area contributed by atoms with Crippen LogP contribution in [0.3, 0.4) is 0 Å². The van der Waals surface area contributed by atoms with E-state index in [0.29, 0.717) is 24.7 Å². The monoisotopic (exact) mass is 341 g/mol. The van der Waals surface area contributed by atoms with Crippen molar-refractivity contribution < 1.29 is 19.2 Å². The van der Waals surface area contributed by atoms with E-state index >= 15 is 0 Å². The van der Waals surface area contributed by atoms with Crippen LogP contribution in [0.2, 0.25) is 0 Å². The number of nitro groups is 1. The third-order valence-corrected chi connectivity index (χ3v) is 3.58. The van der Waals surface area contributed by atoms with Gasteiger partial charge in [-0.2, -0.15) is 5.26 Å². The molecule has 0 bridgehead atoms. The van der Waals surface area contributed by atoms with E-state index in [1.54, 1.807) is 12.1 Å². The van der Waals surface area contributed by atoms with E-state index in [0.717, 1.165) is 16.8 Å². The number of benzene rings is 1. The number of Topliss-reactive ketones (excluding diaryl/α,β-unsaturated/α-hetero) is 1. The Bertz CT molecular complexity index is 973. The van der Waals surface area contributed by atoms with Crippen molar-refractivity contribution in [1.29, 1.82) is 5.26 Å². The number of aromatic nitrogens is 1. The molecular formula is C16H11N3O6. The first kappa shape index (κ1) is 16.2. The molecule has 0 N–H and O–H groups in total. The molecule has 0 fully saturated rings. The number of fused-ring (bicyclic) bond motifs is 1. The zero-order valence-electron chi connectivity index (χ0n) is 12.8. The summed E-state index contributed by atoms with van der Waals surface area (Å²) in [5.41, 5.74) is -1.34. The topological polar surface area (TPSA) is 124 Å². The van der Waals surface area contributed by atoms with Gasteiger partial charge in [0.1, 0.15) is 24.8 Å². The number of nitriles is 1. The summed E-state index contributed by atoms with van der Waals surface area (Å²) in [7, 11) is 0. The maximum atomic E-state index is 12.4. The first-order valence-corrected chi connectivity index (χ1v) is 7.21. The van der Waals surface area contributed by atoms with Crippen molar-refractivity contribution in [3.05, 3.63) is 62.1 Å². The molecule has 0 amide bonds. The lowest BCUT2D eigenvalue weighted by Gasteiger charge is -2.18. The van der Waals surface area contributed by atoms with E-state index in [2.05, 4.69) is 0 Å². The third kappa shape index (κ3) is 3.18. The van der Waals surface area contributed by atoms with Crippen LogP contribution >= 0.6 is 0 Å². The Hall–Kier alpha value is -3.67. The van der Waals surface area contributed by atoms with Crippen LogP contribution in [-0.2, 0) is 6.54 Å². The van der Waals surface area contributed by atoms with E-state index in [9.17, 15) is 19.7 Å². The Balaban J connectivity index is 1.93. The average molecular weight is 341 g/mol. The number of nitrogens with zero attached hydrogens (tertiary/aromatic N) is 3. The number of carbonyl (C=O) groups excluding carboxylic acids is 1. The number of ether oxygens (including phenoxy) is 2. The normalized spacial score (nSPS) is 12.3. The molecule has 0 aliphatic carbocycles. The van der Waals surface area contributed by atoms with Gasteiger partial charge in [-0.3, -0.25) is 24.3 Å². The molecule has 1 aromatic carbocycles. The van der Waals surface area contributed by atoms with Gasteiger partial charge in [-0.1, -0.05) is 0 Å². The molecule has 0 unspecified atom stereocenters. The molecular weight excluding hydrogens is 330 g/mol. The second-order valence-corrected chi connectivity index (χ2v) is 5.20. The van der Waals surface area contributed by atoms with Crippen LogP contribution in [0.4, 0.5) is 5.69 Å². The second kappa shape index (κ2) is 6.45. The molecule has 3 rings (SSSR count). The maximum absolute atomic E-state index is 12.4. The first-order chi connectivity index (χ1) is 12.0. The molecule has 0 spiro atoms. The minimum atomic E-state index is -0.765. The van der Waals surface area contributed by atoms with Gasteiger partial charge in [-0.25, -0.2) is 0 Å². The standard InChI is InChI=1S/C16H11N3O6/c17-7-11-5-12(19(22)23)8-18(16(11)21)9-13(20)10-1-2-14-15(6-10)25-4-3-24-14/h1-2,5-6,8H,3-4,9H2. The lowest BCUT2D eigenvalue weighted by atomic mass is 10.1. The molecule has 0 saturated heterocycles. The zero-order chi connectivity index (χ0) is 18.0. The fourth-order valence-electron chi connectivity index (χ4n) is 2.38. The number of hydrogen-bond acceptors (Lipinski definition) is 7. The van der Waals surface area contributed by atoms with E-state index in [-0.39, 0.29) is 5.56 Å². The molecule has 2 heterocycles. The quantitative estimate of drug-likeness (QED) is 0.466. The van der Waals surface area contributed by atoms with E-state index < -0.39 is 34.1 Å². The Morgan fingerprint density at radius 2 is 2.00 bits per heavy atom. The fourth-order valence-corrected chi connectivity index (χ4v) is 2.38. The van der Waals surface area contributed by atoms with Gasteiger partial charge in [0.15, 0.2) is 17.3 Å². The molecule has 0 saturated carbocycles. The highest BCUT2D eigenvalue weighted by atomic mass is 16.6. The van der Waals surface area contributed by atoms with Crippen LogP contribution in [0.25, 0.3) is 0 Å². The Morgan fingerprint density at radius 3 is 2.68 bits per heavy atom. The number of carbonyl (C=O) groups is 1. The highest BCUT2D eigenvalue weighted by Gasteiger charge is 2.18. The number of rotatable bonds is 4. The summed E-state index contributed by atoms with van der Waals surface area (Å²) in [4.78, 5) is 34.7. The molecule has 1 aromatic heterocycles. The predicted molar refractivity (Wildman–Crippen MR) is 83.8 cm³/mol. The van der Waals surface area contributed by atoms with Crippen molar-refractivity contribution in [2.75, 3.05) is 13.2 Å². The maximum Gasteiger partial charge on any atom is 0.287 e. The predicted octanol–water partition coefficient (Wildman–Crippen LogP) is 1.28. The smallest absolute Gasteiger partial charge is 0.287 e. The van der Waals surface area contributed by atoms with Gasteiger partial charge in [0.05, 0.1) is 17.7 Å². The van der Waals surface area contributed by atoms with Gasteiger partial charge in [0.2, 0.25) is 0 Å². The number of hydrogen-bond donors (Lipinski definition) is 0. The molecule has 1 aliphatic heterocycles. The SMILES string of the molecule is N#Cc1cc([N+](=O)[O-])cn(CC(=O)c2ccc3c(c2)OCCO3)c1=O. The minimum absolute atomic E-state index is 0.265. The summed E-state index contributed by atoms with van der Waals surface area (Å²) in [6.07, 6.45) is 0.944. The summed E-state index contributed by atoms with van der Waals surface area (Å²) < 4.78 is 11.6. The summed E-state index contributed by atoms with van der Waals surface area (Å²) in [5, 5.41) is 19.8. The van der Waals surface area contributed by atoms with Crippen molar-refractivity contribution in [3.8, 4) is 17.6 Å². The van der Waals surface area contributed by atoms with Gasteiger partial charge >= 0.3 is 0 Å². The molecule has 1 aliphatic rings. The molecule has 2 aromatic rings. The van der Waals surface area contributed by atoms with Crippen molar-refractivity contribution >= 4 is 11.5 Å². The van der Waals surface area contributed by atoms with E-state index in [1.165, 1.54) is 12.1 Å². The number of ketones is 1. The third-order valence-electron chi connectivity index (χ3n) is 3.58. The fraction of sp³-hybridized carbons (Fsp3) is 0.188. The van der Waals surface area contributed by atoms with Gasteiger partial charge in [-0.15, -0.1) is 0 Å². The minimum Gasteiger partial charge on any atom is -0.486 e. The molecule has 9 heteroatoms. The highest BCUT2D eigenvalue weighted by molar-refractivity contribution is 5.96. The average Bonchev–Trinajstić information content (AvgIpc) is 2.62. The summed E-state index contributed by atoms with van der Waals surface area (Å²) in [6.45, 7) is 0.343. The van der Waals surface area contributed by atoms with Gasteiger partial charge in [0, 0.05) is 11.6 Å². The zero-order valence-corrected chi connectivity index (χ0v) is 12.8. The van der Waals surface area contributed by atoms with Gasteiger partial charge in [-0.05, 0) is 18.2 Å². The second-order valence-electron chi connectivity index (χ2n) is 5.20. The summed E-state index contributed by atoms with van der Waals surface area (Å²) in [5.74, 6) is 0.478. The Labute approximate surface area is 140 Å². The van der Waals surface area contributed by atoms with Crippen molar-refractivity contribution in [2.24, 2.45) is 0 Å². The molecule has 0 radical (unpaired) electrons. The van der Waals surface area contributed by atoms with Crippen LogP contribution in [0.5, 0.6) is 11.5 Å². The van der Waals surface area contributed by atoms with Gasteiger partial charge < -0.3 is 9.47 Å². The molecule has 0 atom stereocenters. The summed E-state index contributed by atoms with van der Waals surface area (Å²) in [6, 6.07) is 7.07. The molecule has 25 heavy (non-hydrogen) atoms. The lowest BCUT2D eigenvalue weighted by Crippen LogP contribution is -2.26. The van der Waals surface area contributed by atoms with Crippen molar-refractivity contribution in [1.82, 2.24) is 4.57 Å².